The summed E-state index contributed by atoms with van der Waals surface area (Å²) in [5.74, 6) is -0.701. The zero-order valence-corrected chi connectivity index (χ0v) is 19.9. The van der Waals surface area contributed by atoms with Gasteiger partial charge in [0.25, 0.3) is 0 Å². The molecule has 35 heavy (non-hydrogen) atoms. The Bertz CT molecular complexity index is 1130. The number of anilines is 2. The minimum absolute atomic E-state index is 0.0160. The minimum atomic E-state index is -4.45. The lowest BCUT2D eigenvalue weighted by Gasteiger charge is -2.37. The van der Waals surface area contributed by atoms with Crippen molar-refractivity contribution >= 4 is 21.7 Å². The molecule has 1 aliphatic carbocycles. The van der Waals surface area contributed by atoms with E-state index in [-0.39, 0.29) is 30.2 Å². The second kappa shape index (κ2) is 10.2. The van der Waals surface area contributed by atoms with Crippen molar-refractivity contribution in [3.05, 3.63) is 47.5 Å². The molecule has 0 radical (unpaired) electrons. The Morgan fingerprint density at radius 3 is 2.60 bits per heavy atom. The van der Waals surface area contributed by atoms with Crippen molar-refractivity contribution < 1.29 is 30.7 Å². The van der Waals surface area contributed by atoms with Gasteiger partial charge in [-0.05, 0) is 36.5 Å². The maximum Gasteiger partial charge on any atom is 0.416 e. The Hall–Kier alpha value is -2.51. The van der Waals surface area contributed by atoms with Gasteiger partial charge in [0.1, 0.15) is 6.33 Å². The van der Waals surface area contributed by atoms with E-state index < -0.39 is 33.6 Å². The highest BCUT2D eigenvalue weighted by Gasteiger charge is 2.33. The van der Waals surface area contributed by atoms with Gasteiger partial charge in [-0.15, -0.1) is 0 Å². The zero-order chi connectivity index (χ0) is 25.2. The van der Waals surface area contributed by atoms with Crippen LogP contribution in [0.3, 0.4) is 0 Å². The van der Waals surface area contributed by atoms with E-state index in [2.05, 4.69) is 20.0 Å². The Labute approximate surface area is 201 Å². The third-order valence-electron chi connectivity index (χ3n) is 6.35. The Morgan fingerprint density at radius 1 is 1.17 bits per heavy atom. The summed E-state index contributed by atoms with van der Waals surface area (Å²) in [5.41, 5.74) is -0.217. The van der Waals surface area contributed by atoms with Crippen LogP contribution in [0.15, 0.2) is 30.6 Å². The lowest BCUT2D eigenvalue weighted by molar-refractivity contribution is -0.137. The molecule has 0 spiro atoms. The summed E-state index contributed by atoms with van der Waals surface area (Å²) < 4.78 is 85.7. The summed E-state index contributed by atoms with van der Waals surface area (Å²) in [4.78, 5) is 9.79. The number of hydrogen-bond donors (Lipinski definition) is 2. The van der Waals surface area contributed by atoms with Gasteiger partial charge in [0.15, 0.2) is 11.6 Å². The van der Waals surface area contributed by atoms with Crippen LogP contribution in [0, 0.1) is 11.7 Å². The van der Waals surface area contributed by atoms with E-state index in [1.54, 1.807) is 4.90 Å². The SMILES string of the molecule is CS(=O)(=O)NC1CCCC1CNc1ncnc(N2CCOC[C@@H]2c2ccc(C(F)(F)F)cc2)c1F. The standard InChI is InChI=1S/C22H27F4N5O3S/c1-35(32,33)30-17-4-2-3-15(17)11-27-20-19(23)21(29-13-28-20)31-9-10-34-12-18(31)14-5-7-16(8-6-14)22(24,25)26/h5-8,13,15,17-18,30H,2-4,9-12H2,1H3,(H,27,28,29)/t15?,17?,18-/m1/s1. The molecule has 2 fully saturated rings. The van der Waals surface area contributed by atoms with Gasteiger partial charge in [-0.1, -0.05) is 18.6 Å². The van der Waals surface area contributed by atoms with Crippen molar-refractivity contribution in [3.8, 4) is 0 Å². The number of ether oxygens (including phenoxy) is 1. The van der Waals surface area contributed by atoms with Gasteiger partial charge in [0.2, 0.25) is 15.8 Å². The Kier molecular flexibility index (Phi) is 7.48. The maximum atomic E-state index is 15.5. The van der Waals surface area contributed by atoms with Gasteiger partial charge < -0.3 is 15.0 Å². The van der Waals surface area contributed by atoms with Crippen LogP contribution in [0.5, 0.6) is 0 Å². The summed E-state index contributed by atoms with van der Waals surface area (Å²) in [6.07, 6.45) is 0.247. The first-order valence-electron chi connectivity index (χ1n) is 11.3. The summed E-state index contributed by atoms with van der Waals surface area (Å²) in [5, 5.41) is 2.98. The van der Waals surface area contributed by atoms with Gasteiger partial charge in [-0.25, -0.2) is 23.1 Å². The van der Waals surface area contributed by atoms with Gasteiger partial charge in [0.05, 0.1) is 31.1 Å². The number of aromatic nitrogens is 2. The van der Waals surface area contributed by atoms with Crippen molar-refractivity contribution in [2.24, 2.45) is 5.92 Å². The molecule has 3 atom stereocenters. The fourth-order valence-electron chi connectivity index (χ4n) is 4.65. The molecule has 2 N–H and O–H groups in total. The normalized spacial score (nSPS) is 23.5. The highest BCUT2D eigenvalue weighted by Crippen LogP contribution is 2.35. The monoisotopic (exact) mass is 517 g/mol. The van der Waals surface area contributed by atoms with Gasteiger partial charge in [0, 0.05) is 19.1 Å². The molecule has 8 nitrogen and oxygen atoms in total. The molecule has 192 valence electrons. The number of hydrogen-bond acceptors (Lipinski definition) is 7. The van der Waals surface area contributed by atoms with E-state index >= 15 is 4.39 Å². The fourth-order valence-corrected chi connectivity index (χ4v) is 5.51. The van der Waals surface area contributed by atoms with Gasteiger partial charge >= 0.3 is 6.18 Å². The van der Waals surface area contributed by atoms with Crippen molar-refractivity contribution in [2.75, 3.05) is 42.8 Å². The van der Waals surface area contributed by atoms with Crippen LogP contribution in [0.2, 0.25) is 0 Å². The number of nitrogens with one attached hydrogen (secondary N) is 2. The molecule has 2 aliphatic rings. The van der Waals surface area contributed by atoms with E-state index in [0.717, 1.165) is 31.2 Å². The minimum Gasteiger partial charge on any atom is -0.377 e. The second-order valence-corrected chi connectivity index (χ2v) is 10.6. The average Bonchev–Trinajstić information content (AvgIpc) is 3.23. The Morgan fingerprint density at radius 2 is 1.91 bits per heavy atom. The first-order valence-corrected chi connectivity index (χ1v) is 13.2. The summed E-state index contributed by atoms with van der Waals surface area (Å²) in [6, 6.07) is 3.96. The molecule has 4 rings (SSSR count). The predicted molar refractivity (Wildman–Crippen MR) is 122 cm³/mol. The highest BCUT2D eigenvalue weighted by molar-refractivity contribution is 7.88. The molecule has 13 heteroatoms. The van der Waals surface area contributed by atoms with E-state index in [0.29, 0.717) is 31.7 Å². The average molecular weight is 518 g/mol. The number of morpholine rings is 1. The van der Waals surface area contributed by atoms with Crippen LogP contribution in [0.1, 0.15) is 36.4 Å². The fraction of sp³-hybridized carbons (Fsp3) is 0.545. The smallest absolute Gasteiger partial charge is 0.377 e. The van der Waals surface area contributed by atoms with E-state index in [1.807, 2.05) is 0 Å². The molecule has 2 unspecified atom stereocenters. The van der Waals surface area contributed by atoms with E-state index in [1.165, 1.54) is 18.5 Å². The van der Waals surface area contributed by atoms with E-state index in [4.69, 9.17) is 4.74 Å². The molecule has 0 amide bonds. The molecule has 2 aromatic rings. The summed E-state index contributed by atoms with van der Waals surface area (Å²) >= 11 is 0. The van der Waals surface area contributed by atoms with Crippen LogP contribution >= 0.6 is 0 Å². The molecule has 0 bridgehead atoms. The quantitative estimate of drug-likeness (QED) is 0.544. The zero-order valence-electron chi connectivity index (χ0n) is 19.1. The Balaban J connectivity index is 1.51. The van der Waals surface area contributed by atoms with Crippen molar-refractivity contribution in [2.45, 2.75) is 37.5 Å². The molecular formula is C22H27F4N5O3S. The lowest BCUT2D eigenvalue weighted by Crippen LogP contribution is -2.41. The van der Waals surface area contributed by atoms with Crippen molar-refractivity contribution in [1.29, 1.82) is 0 Å². The first kappa shape index (κ1) is 25.6. The van der Waals surface area contributed by atoms with Crippen LogP contribution in [0.25, 0.3) is 0 Å². The molecule has 1 saturated carbocycles. The molecule has 1 saturated heterocycles. The number of benzene rings is 1. The first-order chi connectivity index (χ1) is 16.5. The van der Waals surface area contributed by atoms with E-state index in [9.17, 15) is 21.6 Å². The van der Waals surface area contributed by atoms with Crippen LogP contribution < -0.4 is 14.9 Å². The van der Waals surface area contributed by atoms with Gasteiger partial charge in [-0.3, -0.25) is 0 Å². The molecule has 1 aliphatic heterocycles. The topological polar surface area (TPSA) is 96.5 Å². The van der Waals surface area contributed by atoms with Crippen molar-refractivity contribution in [1.82, 2.24) is 14.7 Å². The number of alkyl halides is 3. The van der Waals surface area contributed by atoms with Crippen LogP contribution in [-0.2, 0) is 20.9 Å². The molecule has 1 aromatic carbocycles. The van der Waals surface area contributed by atoms with Crippen LogP contribution in [0.4, 0.5) is 29.2 Å². The molecular weight excluding hydrogens is 490 g/mol. The lowest BCUT2D eigenvalue weighted by atomic mass is 10.0. The number of sulfonamides is 1. The third-order valence-corrected chi connectivity index (χ3v) is 7.08. The van der Waals surface area contributed by atoms with Crippen LogP contribution in [-0.4, -0.2) is 57.0 Å². The molecule has 1 aromatic heterocycles. The maximum absolute atomic E-state index is 15.5. The second-order valence-electron chi connectivity index (χ2n) is 8.83. The number of halogens is 4. The summed E-state index contributed by atoms with van der Waals surface area (Å²) in [6.45, 7) is 1.09. The third kappa shape index (κ3) is 6.19. The largest absolute Gasteiger partial charge is 0.416 e. The predicted octanol–water partition coefficient (Wildman–Crippen LogP) is 3.34. The number of rotatable bonds is 7. The van der Waals surface area contributed by atoms with Crippen molar-refractivity contribution in [3.63, 3.8) is 0 Å². The number of nitrogens with zero attached hydrogens (tertiary/aromatic N) is 3. The molecule has 2 heterocycles. The highest BCUT2D eigenvalue weighted by atomic mass is 32.2. The van der Waals surface area contributed by atoms with Gasteiger partial charge in [-0.2, -0.15) is 17.6 Å². The summed E-state index contributed by atoms with van der Waals surface area (Å²) in [7, 11) is -3.35.